The predicted octanol–water partition coefficient (Wildman–Crippen LogP) is 1.75. The zero-order chi connectivity index (χ0) is 14.5. The minimum Gasteiger partial charge on any atom is -0.444 e. The lowest BCUT2D eigenvalue weighted by Crippen LogP contribution is -2.45. The number of aliphatic hydroxyl groups is 1. The number of carbonyl (C=O) groups is 2. The van der Waals surface area contributed by atoms with Crippen LogP contribution in [-0.2, 0) is 4.74 Å². The average molecular weight is 265 g/mol. The highest BCUT2D eigenvalue weighted by molar-refractivity contribution is 6.01. The van der Waals surface area contributed by atoms with Crippen molar-refractivity contribution < 1.29 is 19.4 Å². The molecule has 0 radical (unpaired) electrons. The number of aliphatic hydroxyl groups excluding tert-OH is 1. The molecule has 0 aliphatic rings. The van der Waals surface area contributed by atoms with Gasteiger partial charge < -0.3 is 15.2 Å². The quantitative estimate of drug-likeness (QED) is 0.813. The first-order valence-corrected chi connectivity index (χ1v) is 6.03. The van der Waals surface area contributed by atoms with Gasteiger partial charge in [-0.2, -0.15) is 0 Å². The Hall–Kier alpha value is -1.88. The molecule has 0 aromatic heterocycles. The van der Waals surface area contributed by atoms with Crippen LogP contribution < -0.4 is 5.32 Å². The molecule has 0 aliphatic heterocycles. The Balaban J connectivity index is 2.69. The molecule has 0 fully saturated rings. The van der Waals surface area contributed by atoms with Crippen molar-refractivity contribution in [2.45, 2.75) is 32.4 Å². The molecule has 1 aromatic carbocycles. The number of benzene rings is 1. The normalized spacial score (nSPS) is 12.6. The first-order chi connectivity index (χ1) is 8.83. The first kappa shape index (κ1) is 15.2. The van der Waals surface area contributed by atoms with Crippen LogP contribution in [0, 0.1) is 0 Å². The molecule has 1 aromatic rings. The second-order valence-corrected chi connectivity index (χ2v) is 5.11. The molecule has 1 rings (SSSR count). The van der Waals surface area contributed by atoms with E-state index in [-0.39, 0.29) is 5.78 Å². The smallest absolute Gasteiger partial charge is 0.408 e. The van der Waals surface area contributed by atoms with E-state index in [1.165, 1.54) is 0 Å². The van der Waals surface area contributed by atoms with Crippen molar-refractivity contribution in [2.24, 2.45) is 0 Å². The number of alkyl carbamates (subject to hydrolysis) is 1. The minimum atomic E-state index is -1.00. The van der Waals surface area contributed by atoms with E-state index in [2.05, 4.69) is 5.32 Å². The first-order valence-electron chi connectivity index (χ1n) is 6.03. The molecule has 1 amide bonds. The van der Waals surface area contributed by atoms with Crippen molar-refractivity contribution in [2.75, 3.05) is 6.61 Å². The van der Waals surface area contributed by atoms with Crippen LogP contribution >= 0.6 is 0 Å². The lowest BCUT2D eigenvalue weighted by atomic mass is 10.1. The van der Waals surface area contributed by atoms with Crippen LogP contribution in [0.2, 0.25) is 0 Å². The van der Waals surface area contributed by atoms with Gasteiger partial charge >= 0.3 is 6.09 Å². The van der Waals surface area contributed by atoms with Gasteiger partial charge in [-0.3, -0.25) is 4.79 Å². The van der Waals surface area contributed by atoms with Crippen LogP contribution in [0.3, 0.4) is 0 Å². The summed E-state index contributed by atoms with van der Waals surface area (Å²) in [6, 6.07) is 7.47. The number of nitrogens with one attached hydrogen (secondary N) is 1. The SMILES string of the molecule is CC(C)(C)OC(=O)N[C@H](CO)C(=O)c1ccccc1. The van der Waals surface area contributed by atoms with Gasteiger partial charge in [0.1, 0.15) is 11.6 Å². The van der Waals surface area contributed by atoms with Crippen molar-refractivity contribution >= 4 is 11.9 Å². The molecular formula is C14H19NO4. The number of amides is 1. The minimum absolute atomic E-state index is 0.353. The summed E-state index contributed by atoms with van der Waals surface area (Å²) in [4.78, 5) is 23.6. The molecule has 19 heavy (non-hydrogen) atoms. The lowest BCUT2D eigenvalue weighted by Gasteiger charge is -2.22. The van der Waals surface area contributed by atoms with E-state index >= 15 is 0 Å². The number of rotatable bonds is 4. The fourth-order valence-electron chi connectivity index (χ4n) is 1.45. The second kappa shape index (κ2) is 6.33. The molecule has 0 spiro atoms. The highest BCUT2D eigenvalue weighted by Gasteiger charge is 2.24. The molecule has 0 saturated heterocycles. The van der Waals surface area contributed by atoms with E-state index in [4.69, 9.17) is 4.74 Å². The highest BCUT2D eigenvalue weighted by atomic mass is 16.6. The predicted molar refractivity (Wildman–Crippen MR) is 71.0 cm³/mol. The topological polar surface area (TPSA) is 75.6 Å². The third-order valence-electron chi connectivity index (χ3n) is 2.25. The highest BCUT2D eigenvalue weighted by Crippen LogP contribution is 2.08. The van der Waals surface area contributed by atoms with Gasteiger partial charge in [0.2, 0.25) is 0 Å². The van der Waals surface area contributed by atoms with Gasteiger partial charge in [-0.15, -0.1) is 0 Å². The van der Waals surface area contributed by atoms with Crippen LogP contribution in [0.15, 0.2) is 30.3 Å². The number of Topliss-reactive ketones (excluding diaryl/α,β-unsaturated/α-hetero) is 1. The summed E-state index contributed by atoms with van der Waals surface area (Å²) in [5.74, 6) is -0.353. The third-order valence-corrected chi connectivity index (χ3v) is 2.25. The number of ether oxygens (including phenoxy) is 1. The molecule has 5 heteroatoms. The number of hydrogen-bond donors (Lipinski definition) is 2. The molecule has 0 saturated carbocycles. The maximum absolute atomic E-state index is 12.0. The Morgan fingerprint density at radius 2 is 1.84 bits per heavy atom. The number of carbonyl (C=O) groups excluding carboxylic acids is 2. The molecule has 0 unspecified atom stereocenters. The fraction of sp³-hybridized carbons (Fsp3) is 0.429. The Kier molecular flexibility index (Phi) is 5.06. The lowest BCUT2D eigenvalue weighted by molar-refractivity contribution is 0.0467. The van der Waals surface area contributed by atoms with Gasteiger partial charge in [0.25, 0.3) is 0 Å². The summed E-state index contributed by atoms with van der Waals surface area (Å²) in [5.41, 5.74) is -0.225. The van der Waals surface area contributed by atoms with E-state index in [1.807, 2.05) is 0 Å². The van der Waals surface area contributed by atoms with Crippen molar-refractivity contribution in [3.63, 3.8) is 0 Å². The fourth-order valence-corrected chi connectivity index (χ4v) is 1.45. The maximum Gasteiger partial charge on any atom is 0.408 e. The summed E-state index contributed by atoms with van der Waals surface area (Å²) >= 11 is 0. The number of hydrogen-bond acceptors (Lipinski definition) is 4. The van der Waals surface area contributed by atoms with Crippen LogP contribution in [0.4, 0.5) is 4.79 Å². The molecular weight excluding hydrogens is 246 g/mol. The van der Waals surface area contributed by atoms with E-state index in [0.29, 0.717) is 5.56 Å². The van der Waals surface area contributed by atoms with Crippen LogP contribution in [0.5, 0.6) is 0 Å². The largest absolute Gasteiger partial charge is 0.444 e. The Bertz CT molecular complexity index is 437. The van der Waals surface area contributed by atoms with Crippen molar-refractivity contribution in [3.8, 4) is 0 Å². The average Bonchev–Trinajstić information content (AvgIpc) is 2.34. The van der Waals surface area contributed by atoms with E-state index in [0.717, 1.165) is 0 Å². The van der Waals surface area contributed by atoms with E-state index in [9.17, 15) is 14.7 Å². The third kappa shape index (κ3) is 5.09. The standard InChI is InChI=1S/C14H19NO4/c1-14(2,3)19-13(18)15-11(9-16)12(17)10-7-5-4-6-8-10/h4-8,11,16H,9H2,1-3H3,(H,15,18)/t11-/m1/s1. The molecule has 5 nitrogen and oxygen atoms in total. The van der Waals surface area contributed by atoms with Gasteiger partial charge in [-0.25, -0.2) is 4.79 Å². The van der Waals surface area contributed by atoms with Crippen LogP contribution in [-0.4, -0.2) is 35.2 Å². The van der Waals surface area contributed by atoms with Crippen molar-refractivity contribution in [3.05, 3.63) is 35.9 Å². The molecule has 2 N–H and O–H groups in total. The molecule has 0 bridgehead atoms. The van der Waals surface area contributed by atoms with Gasteiger partial charge in [-0.1, -0.05) is 30.3 Å². The number of ketones is 1. The maximum atomic E-state index is 12.0. The van der Waals surface area contributed by atoms with E-state index < -0.39 is 24.3 Å². The van der Waals surface area contributed by atoms with Crippen LogP contribution in [0.1, 0.15) is 31.1 Å². The Morgan fingerprint density at radius 3 is 2.32 bits per heavy atom. The van der Waals surface area contributed by atoms with Gasteiger partial charge in [0.15, 0.2) is 5.78 Å². The second-order valence-electron chi connectivity index (χ2n) is 5.11. The summed E-state index contributed by atoms with van der Waals surface area (Å²) in [6.07, 6.45) is -0.726. The monoisotopic (exact) mass is 265 g/mol. The molecule has 0 heterocycles. The van der Waals surface area contributed by atoms with Gasteiger partial charge in [0.05, 0.1) is 6.61 Å². The van der Waals surface area contributed by atoms with E-state index in [1.54, 1.807) is 51.1 Å². The zero-order valence-electron chi connectivity index (χ0n) is 11.3. The molecule has 0 aliphatic carbocycles. The van der Waals surface area contributed by atoms with Gasteiger partial charge in [-0.05, 0) is 20.8 Å². The summed E-state index contributed by atoms with van der Waals surface area (Å²) < 4.78 is 5.04. The Morgan fingerprint density at radius 1 is 1.26 bits per heavy atom. The van der Waals surface area contributed by atoms with Crippen molar-refractivity contribution in [1.29, 1.82) is 0 Å². The summed E-state index contributed by atoms with van der Waals surface area (Å²) in [7, 11) is 0. The molecule has 104 valence electrons. The van der Waals surface area contributed by atoms with Crippen molar-refractivity contribution in [1.82, 2.24) is 5.32 Å². The summed E-state index contributed by atoms with van der Waals surface area (Å²) in [6.45, 7) is 4.69. The molecule has 1 atom stereocenters. The van der Waals surface area contributed by atoms with Crippen LogP contribution in [0.25, 0.3) is 0 Å². The Labute approximate surface area is 112 Å². The zero-order valence-corrected chi connectivity index (χ0v) is 11.3. The van der Waals surface area contributed by atoms with Gasteiger partial charge in [0, 0.05) is 5.56 Å². The summed E-state index contributed by atoms with van der Waals surface area (Å²) in [5, 5.41) is 11.6.